The van der Waals surface area contributed by atoms with Crippen LogP contribution in [0.3, 0.4) is 0 Å². The van der Waals surface area contributed by atoms with Crippen LogP contribution >= 0.6 is 0 Å². The maximum Gasteiger partial charge on any atom is 0.0621 e. The lowest BCUT2D eigenvalue weighted by atomic mass is 10.2. The molecule has 1 aromatic rings. The van der Waals surface area contributed by atoms with E-state index in [1.54, 1.807) is 10.9 Å². The van der Waals surface area contributed by atoms with Gasteiger partial charge in [0.05, 0.1) is 6.07 Å². The molecule has 62 valence electrons. The fourth-order valence-electron chi connectivity index (χ4n) is 0.850. The number of nitriles is 1. The zero-order chi connectivity index (χ0) is 8.65. The highest BCUT2D eigenvalue weighted by molar-refractivity contribution is 5.19. The van der Waals surface area contributed by atoms with Crippen LogP contribution in [0, 0.1) is 11.3 Å². The second-order valence-corrected chi connectivity index (χ2v) is 2.42. The van der Waals surface area contributed by atoms with E-state index in [-0.39, 0.29) is 0 Å². The number of rotatable bonds is 4. The molecule has 3 heteroatoms. The highest BCUT2D eigenvalue weighted by Gasteiger charge is 1.82. The Hall–Kier alpha value is -1.56. The zero-order valence-corrected chi connectivity index (χ0v) is 6.85. The summed E-state index contributed by atoms with van der Waals surface area (Å²) in [5, 5.41) is 12.3. The number of aromatic nitrogens is 2. The first-order valence-electron chi connectivity index (χ1n) is 3.96. The van der Waals surface area contributed by atoms with Gasteiger partial charge >= 0.3 is 0 Å². The number of hydrogen-bond acceptors (Lipinski definition) is 2. The van der Waals surface area contributed by atoms with Gasteiger partial charge in [0.15, 0.2) is 0 Å². The van der Waals surface area contributed by atoms with E-state index in [2.05, 4.69) is 11.2 Å². The van der Waals surface area contributed by atoms with E-state index in [4.69, 9.17) is 5.26 Å². The van der Waals surface area contributed by atoms with Gasteiger partial charge < -0.3 is 0 Å². The lowest BCUT2D eigenvalue weighted by Gasteiger charge is -1.89. The van der Waals surface area contributed by atoms with Gasteiger partial charge in [-0.2, -0.15) is 10.4 Å². The molecule has 0 unspecified atom stereocenters. The maximum absolute atomic E-state index is 8.26. The van der Waals surface area contributed by atoms with Gasteiger partial charge in [0.1, 0.15) is 0 Å². The quantitative estimate of drug-likeness (QED) is 0.634. The predicted molar refractivity (Wildman–Crippen MR) is 47.0 cm³/mol. The Labute approximate surface area is 71.9 Å². The Morgan fingerprint density at radius 2 is 2.50 bits per heavy atom. The van der Waals surface area contributed by atoms with Crippen molar-refractivity contribution in [3.05, 3.63) is 24.5 Å². The Kier molecular flexibility index (Phi) is 3.65. The molecule has 0 bridgehead atoms. The van der Waals surface area contributed by atoms with Crippen molar-refractivity contribution < 1.29 is 0 Å². The minimum Gasteiger partial charge on any atom is -0.249 e. The predicted octanol–water partition coefficient (Wildman–Crippen LogP) is 2.05. The van der Waals surface area contributed by atoms with Crippen molar-refractivity contribution in [2.45, 2.75) is 19.3 Å². The molecule has 0 saturated heterocycles. The summed E-state index contributed by atoms with van der Waals surface area (Å²) in [6.45, 7) is 0. The average molecular weight is 161 g/mol. The van der Waals surface area contributed by atoms with E-state index in [1.165, 1.54) is 0 Å². The standard InChI is InChI=1S/C9H11N3/c10-6-3-1-2-4-8-12-9-5-7-11-12/h4-5,7-9H,1-3H2/b8-4-. The molecule has 0 radical (unpaired) electrons. The van der Waals surface area contributed by atoms with Gasteiger partial charge in [0.25, 0.3) is 0 Å². The van der Waals surface area contributed by atoms with Crippen LogP contribution in [0.25, 0.3) is 6.20 Å². The highest BCUT2D eigenvalue weighted by Crippen LogP contribution is 1.96. The molecule has 0 aromatic carbocycles. The third kappa shape index (κ3) is 3.02. The largest absolute Gasteiger partial charge is 0.249 e. The molecule has 1 heterocycles. The second-order valence-electron chi connectivity index (χ2n) is 2.42. The van der Waals surface area contributed by atoms with Crippen molar-refractivity contribution in [1.29, 1.82) is 5.26 Å². The molecule has 0 N–H and O–H groups in total. The monoisotopic (exact) mass is 161 g/mol. The Morgan fingerprint density at radius 3 is 3.17 bits per heavy atom. The summed E-state index contributed by atoms with van der Waals surface area (Å²) in [5.74, 6) is 0. The van der Waals surface area contributed by atoms with Gasteiger partial charge in [0, 0.05) is 25.0 Å². The molecule has 0 amide bonds. The molecule has 1 rings (SSSR count). The van der Waals surface area contributed by atoms with Crippen molar-refractivity contribution in [2.75, 3.05) is 0 Å². The summed E-state index contributed by atoms with van der Waals surface area (Å²) < 4.78 is 1.74. The van der Waals surface area contributed by atoms with Crippen LogP contribution in [0.5, 0.6) is 0 Å². The van der Waals surface area contributed by atoms with Crippen molar-refractivity contribution in [2.24, 2.45) is 0 Å². The number of allylic oxidation sites excluding steroid dienone is 1. The molecule has 0 aliphatic carbocycles. The molecule has 1 aromatic heterocycles. The fourth-order valence-corrected chi connectivity index (χ4v) is 0.850. The highest BCUT2D eigenvalue weighted by atomic mass is 15.2. The molecule has 3 nitrogen and oxygen atoms in total. The van der Waals surface area contributed by atoms with Crippen molar-refractivity contribution in [3.8, 4) is 6.07 Å². The van der Waals surface area contributed by atoms with E-state index in [1.807, 2.05) is 24.5 Å². The summed E-state index contributed by atoms with van der Waals surface area (Å²) in [4.78, 5) is 0. The normalized spacial score (nSPS) is 10.2. The van der Waals surface area contributed by atoms with Gasteiger partial charge in [-0.15, -0.1) is 0 Å². The average Bonchev–Trinajstić information content (AvgIpc) is 2.57. The third-order valence-electron chi connectivity index (χ3n) is 1.44. The van der Waals surface area contributed by atoms with Crippen LogP contribution < -0.4 is 0 Å². The first-order valence-corrected chi connectivity index (χ1v) is 3.96. The molecule has 0 saturated carbocycles. The minimum absolute atomic E-state index is 0.628. The second kappa shape index (κ2) is 5.14. The van der Waals surface area contributed by atoms with Crippen LogP contribution in [-0.4, -0.2) is 9.78 Å². The summed E-state index contributed by atoms with van der Waals surface area (Å²) in [6.07, 6.45) is 10.0. The third-order valence-corrected chi connectivity index (χ3v) is 1.44. The Balaban J connectivity index is 2.20. The smallest absolute Gasteiger partial charge is 0.0621 e. The lowest BCUT2D eigenvalue weighted by molar-refractivity contribution is 0.866. The van der Waals surface area contributed by atoms with Crippen LogP contribution in [0.2, 0.25) is 0 Å². The molecule has 0 atom stereocenters. The summed E-state index contributed by atoms with van der Waals surface area (Å²) in [7, 11) is 0. The van der Waals surface area contributed by atoms with E-state index in [9.17, 15) is 0 Å². The number of hydrogen-bond donors (Lipinski definition) is 0. The molecule has 0 spiro atoms. The number of unbranched alkanes of at least 4 members (excludes halogenated alkanes) is 2. The molecule has 0 aliphatic heterocycles. The molecule has 0 aliphatic rings. The Morgan fingerprint density at radius 1 is 1.58 bits per heavy atom. The van der Waals surface area contributed by atoms with E-state index < -0.39 is 0 Å². The van der Waals surface area contributed by atoms with Crippen LogP contribution in [0.4, 0.5) is 0 Å². The molecular weight excluding hydrogens is 150 g/mol. The minimum atomic E-state index is 0.628. The Bertz CT molecular complexity index is 266. The van der Waals surface area contributed by atoms with Crippen molar-refractivity contribution in [3.63, 3.8) is 0 Å². The SMILES string of the molecule is N#CCCC/C=C\n1cccn1. The van der Waals surface area contributed by atoms with Gasteiger partial charge in [0.2, 0.25) is 0 Å². The molecule has 12 heavy (non-hydrogen) atoms. The summed E-state index contributed by atoms with van der Waals surface area (Å²) in [6, 6.07) is 3.98. The first-order chi connectivity index (χ1) is 5.93. The summed E-state index contributed by atoms with van der Waals surface area (Å²) in [5.41, 5.74) is 0. The first kappa shape index (κ1) is 8.54. The summed E-state index contributed by atoms with van der Waals surface area (Å²) >= 11 is 0. The number of nitrogens with zero attached hydrogens (tertiary/aromatic N) is 3. The molecular formula is C9H11N3. The lowest BCUT2D eigenvalue weighted by Crippen LogP contribution is -1.83. The maximum atomic E-state index is 8.26. The van der Waals surface area contributed by atoms with Crippen molar-refractivity contribution >= 4 is 6.20 Å². The van der Waals surface area contributed by atoms with Gasteiger partial charge in [-0.05, 0) is 18.9 Å². The van der Waals surface area contributed by atoms with Crippen LogP contribution in [0.1, 0.15) is 19.3 Å². The molecule has 0 fully saturated rings. The van der Waals surface area contributed by atoms with E-state index >= 15 is 0 Å². The zero-order valence-electron chi connectivity index (χ0n) is 6.85. The van der Waals surface area contributed by atoms with Gasteiger partial charge in [-0.1, -0.05) is 6.08 Å². The topological polar surface area (TPSA) is 41.6 Å². The van der Waals surface area contributed by atoms with E-state index in [0.717, 1.165) is 12.8 Å². The van der Waals surface area contributed by atoms with Gasteiger partial charge in [-0.3, -0.25) is 0 Å². The van der Waals surface area contributed by atoms with Gasteiger partial charge in [-0.25, -0.2) is 4.68 Å². The fraction of sp³-hybridized carbons (Fsp3) is 0.333. The van der Waals surface area contributed by atoms with Crippen LogP contribution in [-0.2, 0) is 0 Å². The van der Waals surface area contributed by atoms with Crippen molar-refractivity contribution in [1.82, 2.24) is 9.78 Å². The van der Waals surface area contributed by atoms with Crippen LogP contribution in [0.15, 0.2) is 24.5 Å². The van der Waals surface area contributed by atoms with E-state index in [0.29, 0.717) is 6.42 Å².